The molecule has 2 heterocycles. The molecular weight excluding hydrogens is 462 g/mol. The van der Waals surface area contributed by atoms with Crippen LogP contribution >= 0.6 is 11.8 Å². The van der Waals surface area contributed by atoms with E-state index in [0.29, 0.717) is 27.7 Å². The summed E-state index contributed by atoms with van der Waals surface area (Å²) in [5.41, 5.74) is 1.44. The molecule has 1 aliphatic rings. The third kappa shape index (κ3) is 4.76. The van der Waals surface area contributed by atoms with Gasteiger partial charge < -0.3 is 9.15 Å². The summed E-state index contributed by atoms with van der Waals surface area (Å²) in [5.74, 6) is 1.41. The van der Waals surface area contributed by atoms with E-state index >= 15 is 0 Å². The van der Waals surface area contributed by atoms with Gasteiger partial charge in [-0.1, -0.05) is 60.7 Å². The van der Waals surface area contributed by atoms with Crippen molar-refractivity contribution >= 4 is 45.5 Å². The minimum atomic E-state index is -0.370. The van der Waals surface area contributed by atoms with Crippen LogP contribution in [0.2, 0.25) is 0 Å². The number of thioether (sulfide) groups is 1. The molecule has 0 N–H and O–H groups in total. The van der Waals surface area contributed by atoms with E-state index in [4.69, 9.17) is 9.15 Å². The van der Waals surface area contributed by atoms with E-state index in [-0.39, 0.29) is 30.1 Å². The van der Waals surface area contributed by atoms with Gasteiger partial charge in [-0.25, -0.2) is 0 Å². The number of fused-ring (bicyclic) bond motifs is 1. The predicted molar refractivity (Wildman–Crippen MR) is 136 cm³/mol. The van der Waals surface area contributed by atoms with Crippen molar-refractivity contribution in [2.75, 3.05) is 13.2 Å². The molecule has 0 radical (unpaired) electrons. The highest BCUT2D eigenvalue weighted by Gasteiger charge is 2.35. The van der Waals surface area contributed by atoms with E-state index in [1.807, 2.05) is 54.6 Å². The fourth-order valence-corrected chi connectivity index (χ4v) is 4.69. The molecule has 0 saturated carbocycles. The lowest BCUT2D eigenvalue weighted by molar-refractivity contribution is -0.123. The lowest BCUT2D eigenvalue weighted by Gasteiger charge is -2.14. The fourth-order valence-electron chi connectivity index (χ4n) is 3.85. The van der Waals surface area contributed by atoms with Crippen molar-refractivity contribution in [3.8, 4) is 17.1 Å². The maximum Gasteiger partial charge on any atom is 0.293 e. The molecule has 1 saturated heterocycles. The number of furan rings is 1. The van der Waals surface area contributed by atoms with Crippen LogP contribution in [0.4, 0.5) is 4.79 Å². The molecule has 0 unspecified atom stereocenters. The number of hydrogen-bond acceptors (Lipinski definition) is 6. The van der Waals surface area contributed by atoms with Gasteiger partial charge in [-0.15, -0.1) is 0 Å². The first-order chi connectivity index (χ1) is 17.0. The first kappa shape index (κ1) is 22.7. The third-order valence-electron chi connectivity index (χ3n) is 5.67. The standard InChI is InChI=1S/C28H21NO5S/c1-18(30)19-9-11-21(12-10-19)24-14-13-22(34-24)17-26-27(31)29(28(32)35-26)15-16-33-25-8-4-6-20-5-2-3-7-23(20)25/h2-14,17H,15-16H2,1H3/b26-17-. The van der Waals surface area contributed by atoms with Crippen LogP contribution in [0.1, 0.15) is 23.0 Å². The summed E-state index contributed by atoms with van der Waals surface area (Å²) in [6.07, 6.45) is 1.57. The minimum Gasteiger partial charge on any atom is -0.491 e. The van der Waals surface area contributed by atoms with Crippen LogP contribution in [-0.4, -0.2) is 35.0 Å². The molecule has 6 nitrogen and oxygen atoms in total. The van der Waals surface area contributed by atoms with Gasteiger partial charge in [0.05, 0.1) is 11.4 Å². The van der Waals surface area contributed by atoms with Crippen molar-refractivity contribution in [1.29, 1.82) is 0 Å². The molecule has 0 aliphatic carbocycles. The number of benzene rings is 3. The normalized spacial score (nSPS) is 14.8. The Balaban J connectivity index is 1.25. The predicted octanol–water partition coefficient (Wildman–Crippen LogP) is 6.42. The number of ether oxygens (including phenoxy) is 1. The van der Waals surface area contributed by atoms with Crippen molar-refractivity contribution in [3.63, 3.8) is 0 Å². The lowest BCUT2D eigenvalue weighted by Crippen LogP contribution is -2.32. The second kappa shape index (κ2) is 9.64. The van der Waals surface area contributed by atoms with Crippen molar-refractivity contribution in [1.82, 2.24) is 4.90 Å². The summed E-state index contributed by atoms with van der Waals surface area (Å²) >= 11 is 0.881. The number of imide groups is 1. The van der Waals surface area contributed by atoms with Gasteiger partial charge in [-0.3, -0.25) is 19.3 Å². The van der Waals surface area contributed by atoms with Gasteiger partial charge in [0.1, 0.15) is 23.9 Å². The van der Waals surface area contributed by atoms with Gasteiger partial charge >= 0.3 is 0 Å². The summed E-state index contributed by atoms with van der Waals surface area (Å²) in [6.45, 7) is 1.86. The molecule has 3 aromatic carbocycles. The Morgan fingerprint density at radius 3 is 2.54 bits per heavy atom. The van der Waals surface area contributed by atoms with Crippen LogP contribution in [0, 0.1) is 0 Å². The highest BCUT2D eigenvalue weighted by molar-refractivity contribution is 8.18. The maximum atomic E-state index is 12.8. The Kier molecular flexibility index (Phi) is 6.25. The second-order valence-electron chi connectivity index (χ2n) is 7.99. The molecule has 1 aliphatic heterocycles. The van der Waals surface area contributed by atoms with Gasteiger partial charge in [-0.2, -0.15) is 0 Å². The molecule has 1 fully saturated rings. The molecular formula is C28H21NO5S. The van der Waals surface area contributed by atoms with Crippen LogP contribution in [0.3, 0.4) is 0 Å². The molecule has 35 heavy (non-hydrogen) atoms. The van der Waals surface area contributed by atoms with Crippen LogP contribution < -0.4 is 4.74 Å². The van der Waals surface area contributed by atoms with Gasteiger partial charge in [0, 0.05) is 22.6 Å². The number of rotatable bonds is 7. The zero-order valence-electron chi connectivity index (χ0n) is 18.9. The summed E-state index contributed by atoms with van der Waals surface area (Å²) in [7, 11) is 0. The fraction of sp³-hybridized carbons (Fsp3) is 0.107. The van der Waals surface area contributed by atoms with E-state index in [2.05, 4.69) is 0 Å². The number of amides is 2. The number of carbonyl (C=O) groups excluding carboxylic acids is 3. The summed E-state index contributed by atoms with van der Waals surface area (Å²) in [6, 6.07) is 24.3. The van der Waals surface area contributed by atoms with Crippen molar-refractivity contribution < 1.29 is 23.5 Å². The third-order valence-corrected chi connectivity index (χ3v) is 6.58. The average Bonchev–Trinajstić information content (AvgIpc) is 3.44. The van der Waals surface area contributed by atoms with Crippen molar-refractivity contribution in [3.05, 3.63) is 95.1 Å². The van der Waals surface area contributed by atoms with E-state index in [1.54, 1.807) is 30.3 Å². The molecule has 0 bridgehead atoms. The van der Waals surface area contributed by atoms with Gasteiger partial charge in [0.15, 0.2) is 5.78 Å². The number of ketones is 1. The highest BCUT2D eigenvalue weighted by atomic mass is 32.2. The average molecular weight is 484 g/mol. The number of nitrogens with zero attached hydrogens (tertiary/aromatic N) is 1. The number of hydrogen-bond donors (Lipinski definition) is 0. The van der Waals surface area contributed by atoms with Crippen molar-refractivity contribution in [2.45, 2.75) is 6.92 Å². The monoisotopic (exact) mass is 483 g/mol. The van der Waals surface area contributed by atoms with Crippen LogP contribution in [-0.2, 0) is 4.79 Å². The Hall–Kier alpha value is -4.10. The Labute approximate surface area is 206 Å². The van der Waals surface area contributed by atoms with Crippen LogP contribution in [0.25, 0.3) is 28.2 Å². The molecule has 0 spiro atoms. The summed E-state index contributed by atoms with van der Waals surface area (Å²) in [5, 5.41) is 1.70. The Morgan fingerprint density at radius 1 is 0.971 bits per heavy atom. The molecule has 5 rings (SSSR count). The second-order valence-corrected chi connectivity index (χ2v) is 8.99. The first-order valence-corrected chi connectivity index (χ1v) is 11.9. The quantitative estimate of drug-likeness (QED) is 0.223. The van der Waals surface area contributed by atoms with Crippen molar-refractivity contribution in [2.24, 2.45) is 0 Å². The smallest absolute Gasteiger partial charge is 0.293 e. The summed E-state index contributed by atoms with van der Waals surface area (Å²) < 4.78 is 11.7. The molecule has 7 heteroatoms. The number of carbonyl (C=O) groups is 3. The molecule has 0 atom stereocenters. The highest BCUT2D eigenvalue weighted by Crippen LogP contribution is 2.33. The van der Waals surface area contributed by atoms with E-state index in [1.165, 1.54) is 11.8 Å². The zero-order valence-corrected chi connectivity index (χ0v) is 19.7. The van der Waals surface area contributed by atoms with Gasteiger partial charge in [0.2, 0.25) is 0 Å². The molecule has 1 aromatic heterocycles. The Bertz CT molecular complexity index is 1460. The summed E-state index contributed by atoms with van der Waals surface area (Å²) in [4.78, 5) is 38.3. The molecule has 4 aromatic rings. The zero-order chi connectivity index (χ0) is 24.4. The largest absolute Gasteiger partial charge is 0.491 e. The van der Waals surface area contributed by atoms with Gasteiger partial charge in [0.25, 0.3) is 11.1 Å². The van der Waals surface area contributed by atoms with E-state index < -0.39 is 0 Å². The molecule has 2 amide bonds. The van der Waals surface area contributed by atoms with Crippen LogP contribution in [0.15, 0.2) is 88.2 Å². The Morgan fingerprint density at radius 2 is 1.74 bits per heavy atom. The first-order valence-electron chi connectivity index (χ1n) is 11.1. The SMILES string of the molecule is CC(=O)c1ccc(-c2ccc(/C=C3\SC(=O)N(CCOc4cccc5ccccc45)C3=O)o2)cc1. The number of Topliss-reactive ketones (excluding diaryl/α,β-unsaturated/α-hetero) is 1. The van der Waals surface area contributed by atoms with E-state index in [9.17, 15) is 14.4 Å². The minimum absolute atomic E-state index is 0.00470. The molecule has 174 valence electrons. The topological polar surface area (TPSA) is 76.8 Å². The van der Waals surface area contributed by atoms with Gasteiger partial charge in [-0.05, 0) is 42.3 Å². The van der Waals surface area contributed by atoms with E-state index in [0.717, 1.165) is 28.1 Å². The maximum absolute atomic E-state index is 12.8. The van der Waals surface area contributed by atoms with Crippen LogP contribution in [0.5, 0.6) is 5.75 Å². The lowest BCUT2D eigenvalue weighted by atomic mass is 10.1.